The van der Waals surface area contributed by atoms with Gasteiger partial charge in [-0.15, -0.1) is 0 Å². The number of carbonyl (C=O) groups is 3. The Bertz CT molecular complexity index is 565. The first-order valence-corrected chi connectivity index (χ1v) is 8.95. The topological polar surface area (TPSA) is 51.2 Å². The molecule has 4 rings (SSSR count). The van der Waals surface area contributed by atoms with Crippen molar-refractivity contribution in [3.63, 3.8) is 0 Å². The van der Waals surface area contributed by atoms with Gasteiger partial charge in [0.25, 0.3) is 0 Å². The van der Waals surface area contributed by atoms with Gasteiger partial charge in [-0.2, -0.15) is 0 Å². The largest absolute Gasteiger partial charge is 0.299 e. The van der Waals surface area contributed by atoms with Crippen molar-refractivity contribution in [1.82, 2.24) is 0 Å². The van der Waals surface area contributed by atoms with Crippen LogP contribution in [0.5, 0.6) is 0 Å². The molecule has 0 aromatic carbocycles. The highest BCUT2D eigenvalue weighted by molar-refractivity contribution is 6.38. The quantitative estimate of drug-likeness (QED) is 0.645. The van der Waals surface area contributed by atoms with E-state index >= 15 is 0 Å². The lowest BCUT2D eigenvalue weighted by Gasteiger charge is -2.58. The smallest absolute Gasteiger partial charge is 0.198 e. The van der Waals surface area contributed by atoms with E-state index in [1.807, 2.05) is 0 Å². The molecule has 1 unspecified atom stereocenters. The van der Waals surface area contributed by atoms with Gasteiger partial charge in [0.05, 0.1) is 0 Å². The predicted molar refractivity (Wildman–Crippen MR) is 82.1 cm³/mol. The van der Waals surface area contributed by atoms with Gasteiger partial charge in [0.1, 0.15) is 5.78 Å². The molecule has 0 N–H and O–H groups in total. The fourth-order valence-electron chi connectivity index (χ4n) is 6.70. The lowest BCUT2D eigenvalue weighted by molar-refractivity contribution is -0.155. The standard InChI is InChI=1S/C19H26O3/c1-18-8-7-14-12(13(18)5-6-17(18)22)4-3-11-9-15(20)16(21)10-19(11,14)2/h11-14H,3-10H2,1-2H3/t11?,12-,13-,14-,18-,19-/m0/s1. The molecule has 3 nitrogen and oxygen atoms in total. The van der Waals surface area contributed by atoms with Crippen LogP contribution in [0.3, 0.4) is 0 Å². The minimum atomic E-state index is -0.143. The molecule has 0 aliphatic heterocycles. The van der Waals surface area contributed by atoms with E-state index in [0.29, 0.717) is 42.3 Å². The number of hydrogen-bond acceptors (Lipinski definition) is 3. The van der Waals surface area contributed by atoms with Crippen LogP contribution in [0, 0.1) is 34.5 Å². The summed E-state index contributed by atoms with van der Waals surface area (Å²) in [6.07, 6.45) is 7.00. The molecule has 4 saturated carbocycles. The molecule has 3 heteroatoms. The second-order valence-electron chi connectivity index (χ2n) is 8.80. The Kier molecular flexibility index (Phi) is 3.00. The molecule has 4 aliphatic carbocycles. The van der Waals surface area contributed by atoms with Gasteiger partial charge in [-0.25, -0.2) is 0 Å². The van der Waals surface area contributed by atoms with Crippen LogP contribution < -0.4 is 0 Å². The summed E-state index contributed by atoms with van der Waals surface area (Å²) in [5, 5.41) is 0. The van der Waals surface area contributed by atoms with Crippen molar-refractivity contribution in [3.8, 4) is 0 Å². The van der Waals surface area contributed by atoms with Crippen LogP contribution in [0.15, 0.2) is 0 Å². The van der Waals surface area contributed by atoms with Crippen molar-refractivity contribution in [1.29, 1.82) is 0 Å². The van der Waals surface area contributed by atoms with Crippen LogP contribution in [0.1, 0.15) is 65.2 Å². The van der Waals surface area contributed by atoms with Crippen molar-refractivity contribution >= 4 is 17.3 Å². The van der Waals surface area contributed by atoms with E-state index in [9.17, 15) is 14.4 Å². The van der Waals surface area contributed by atoms with E-state index in [0.717, 1.165) is 38.5 Å². The molecule has 0 bridgehead atoms. The van der Waals surface area contributed by atoms with E-state index in [1.165, 1.54) is 0 Å². The number of Topliss-reactive ketones (excluding diaryl/α,β-unsaturated/α-hetero) is 3. The van der Waals surface area contributed by atoms with Gasteiger partial charge < -0.3 is 0 Å². The third-order valence-electron chi connectivity index (χ3n) is 8.06. The van der Waals surface area contributed by atoms with E-state index in [1.54, 1.807) is 0 Å². The van der Waals surface area contributed by atoms with Crippen LogP contribution in [-0.4, -0.2) is 17.3 Å². The maximum Gasteiger partial charge on any atom is 0.198 e. The van der Waals surface area contributed by atoms with Gasteiger partial charge in [0, 0.05) is 24.7 Å². The number of carbonyl (C=O) groups excluding carboxylic acids is 3. The highest BCUT2D eigenvalue weighted by Gasteiger charge is 2.61. The Balaban J connectivity index is 1.67. The van der Waals surface area contributed by atoms with Gasteiger partial charge in [-0.3, -0.25) is 14.4 Å². The molecule has 0 saturated heterocycles. The molecule has 0 spiro atoms. The molecule has 4 fully saturated rings. The maximum absolute atomic E-state index is 12.4. The molecule has 120 valence electrons. The van der Waals surface area contributed by atoms with E-state index < -0.39 is 0 Å². The second-order valence-corrected chi connectivity index (χ2v) is 8.80. The Morgan fingerprint density at radius 1 is 0.909 bits per heavy atom. The number of rotatable bonds is 0. The van der Waals surface area contributed by atoms with Crippen LogP contribution in [0.4, 0.5) is 0 Å². The first kappa shape index (κ1) is 14.6. The Morgan fingerprint density at radius 2 is 1.68 bits per heavy atom. The summed E-state index contributed by atoms with van der Waals surface area (Å²) in [6, 6.07) is 0. The van der Waals surface area contributed by atoms with Crippen molar-refractivity contribution in [3.05, 3.63) is 0 Å². The molecule has 0 aromatic heterocycles. The molecular formula is C19H26O3. The van der Waals surface area contributed by atoms with Crippen LogP contribution in [0.25, 0.3) is 0 Å². The molecular weight excluding hydrogens is 276 g/mol. The lowest BCUT2D eigenvalue weighted by atomic mass is 9.45. The monoisotopic (exact) mass is 302 g/mol. The van der Waals surface area contributed by atoms with Crippen molar-refractivity contribution < 1.29 is 14.4 Å². The molecule has 0 amide bonds. The van der Waals surface area contributed by atoms with Gasteiger partial charge in [-0.1, -0.05) is 13.8 Å². The Morgan fingerprint density at radius 3 is 2.45 bits per heavy atom. The zero-order valence-electron chi connectivity index (χ0n) is 13.7. The molecule has 22 heavy (non-hydrogen) atoms. The molecule has 4 aliphatic rings. The fraction of sp³-hybridized carbons (Fsp3) is 0.842. The average Bonchev–Trinajstić information content (AvgIpc) is 2.77. The lowest BCUT2D eigenvalue weighted by Crippen LogP contribution is -2.55. The summed E-state index contributed by atoms with van der Waals surface area (Å²) >= 11 is 0. The third kappa shape index (κ3) is 1.71. The fourth-order valence-corrected chi connectivity index (χ4v) is 6.70. The van der Waals surface area contributed by atoms with E-state index in [-0.39, 0.29) is 22.4 Å². The Labute approximate surface area is 132 Å². The number of hydrogen-bond donors (Lipinski definition) is 0. The minimum Gasteiger partial charge on any atom is -0.299 e. The van der Waals surface area contributed by atoms with Crippen LogP contribution in [-0.2, 0) is 14.4 Å². The summed E-state index contributed by atoms with van der Waals surface area (Å²) in [5.41, 5.74) is -0.0975. The zero-order chi connectivity index (χ0) is 15.7. The summed E-state index contributed by atoms with van der Waals surface area (Å²) in [4.78, 5) is 36.3. The maximum atomic E-state index is 12.4. The highest BCUT2D eigenvalue weighted by atomic mass is 16.2. The number of ketones is 3. The first-order chi connectivity index (χ1) is 10.4. The van der Waals surface area contributed by atoms with Gasteiger partial charge in [0.15, 0.2) is 11.6 Å². The van der Waals surface area contributed by atoms with Gasteiger partial charge in [0.2, 0.25) is 0 Å². The zero-order valence-corrected chi connectivity index (χ0v) is 13.7. The van der Waals surface area contributed by atoms with Crippen LogP contribution >= 0.6 is 0 Å². The minimum absolute atomic E-state index is 0.000871. The SMILES string of the molecule is C[C@]12CC(=O)C(=O)CC1CC[C@@H]1[C@@H]2CC[C@]2(C)C(=O)CC[C@@H]12. The van der Waals surface area contributed by atoms with Crippen molar-refractivity contribution in [2.75, 3.05) is 0 Å². The second kappa shape index (κ2) is 4.52. The third-order valence-corrected chi connectivity index (χ3v) is 8.06. The molecule has 0 radical (unpaired) electrons. The summed E-state index contributed by atoms with van der Waals surface area (Å²) < 4.78 is 0. The Hall–Kier alpha value is -0.990. The van der Waals surface area contributed by atoms with E-state index in [4.69, 9.17) is 0 Å². The number of fused-ring (bicyclic) bond motifs is 5. The van der Waals surface area contributed by atoms with E-state index in [2.05, 4.69) is 13.8 Å². The molecule has 0 aromatic rings. The summed E-state index contributed by atoms with van der Waals surface area (Å²) in [5.74, 6) is 2.22. The van der Waals surface area contributed by atoms with Gasteiger partial charge >= 0.3 is 0 Å². The summed E-state index contributed by atoms with van der Waals surface area (Å²) in [6.45, 7) is 4.45. The van der Waals surface area contributed by atoms with Gasteiger partial charge in [-0.05, 0) is 61.2 Å². The van der Waals surface area contributed by atoms with Crippen LogP contribution in [0.2, 0.25) is 0 Å². The molecule has 0 heterocycles. The summed E-state index contributed by atoms with van der Waals surface area (Å²) in [7, 11) is 0. The average molecular weight is 302 g/mol. The first-order valence-electron chi connectivity index (χ1n) is 8.95. The van der Waals surface area contributed by atoms with Crippen molar-refractivity contribution in [2.24, 2.45) is 34.5 Å². The predicted octanol–water partition coefficient (Wildman–Crippen LogP) is 3.35. The van der Waals surface area contributed by atoms with Crippen molar-refractivity contribution in [2.45, 2.75) is 65.2 Å². The highest BCUT2D eigenvalue weighted by Crippen LogP contribution is 2.64. The normalized spacial score (nSPS) is 51.3. The molecule has 6 atom stereocenters.